The maximum Gasteiger partial charge on any atom is 0.311 e. The number of carbonyl (C=O) groups excluding carboxylic acids is 1. The van der Waals surface area contributed by atoms with Crippen molar-refractivity contribution in [1.29, 1.82) is 0 Å². The SMILES string of the molecule is COc1ccc(NC(=O)C(C)N2C[C@@H]3CCC[C@@]3(C(=O)O)C2)cc1. The van der Waals surface area contributed by atoms with Crippen molar-refractivity contribution in [3.63, 3.8) is 0 Å². The molecule has 6 nitrogen and oxygen atoms in total. The Morgan fingerprint density at radius 1 is 1.38 bits per heavy atom. The van der Waals surface area contributed by atoms with Crippen LogP contribution in [-0.4, -0.2) is 48.1 Å². The fourth-order valence-electron chi connectivity index (χ4n) is 4.06. The number of carboxylic acid groups (broad SMARTS) is 1. The van der Waals surface area contributed by atoms with E-state index in [0.717, 1.165) is 25.0 Å². The Labute approximate surface area is 141 Å². The topological polar surface area (TPSA) is 78.9 Å². The van der Waals surface area contributed by atoms with Crippen molar-refractivity contribution in [1.82, 2.24) is 4.90 Å². The van der Waals surface area contributed by atoms with Gasteiger partial charge in [-0.2, -0.15) is 0 Å². The summed E-state index contributed by atoms with van der Waals surface area (Å²) >= 11 is 0. The normalized spacial score (nSPS) is 27.5. The van der Waals surface area contributed by atoms with Crippen molar-refractivity contribution in [3.8, 4) is 5.75 Å². The number of nitrogens with zero attached hydrogens (tertiary/aromatic N) is 1. The number of nitrogens with one attached hydrogen (secondary N) is 1. The second-order valence-electron chi connectivity index (χ2n) is 6.87. The van der Waals surface area contributed by atoms with Gasteiger partial charge in [-0.05, 0) is 49.9 Å². The van der Waals surface area contributed by atoms with Gasteiger partial charge >= 0.3 is 5.97 Å². The number of hydrogen-bond donors (Lipinski definition) is 2. The number of hydrogen-bond acceptors (Lipinski definition) is 4. The van der Waals surface area contributed by atoms with E-state index in [4.69, 9.17) is 4.74 Å². The van der Waals surface area contributed by atoms with Crippen LogP contribution in [0.25, 0.3) is 0 Å². The van der Waals surface area contributed by atoms with E-state index < -0.39 is 11.4 Å². The number of anilines is 1. The van der Waals surface area contributed by atoms with Gasteiger partial charge in [0.25, 0.3) is 0 Å². The Kier molecular flexibility index (Phi) is 4.49. The van der Waals surface area contributed by atoms with Gasteiger partial charge in [0, 0.05) is 18.8 Å². The molecule has 2 fully saturated rings. The molecule has 6 heteroatoms. The third-order valence-electron chi connectivity index (χ3n) is 5.61. The third kappa shape index (κ3) is 2.86. The van der Waals surface area contributed by atoms with Gasteiger partial charge in [-0.3, -0.25) is 14.5 Å². The molecule has 1 aliphatic heterocycles. The summed E-state index contributed by atoms with van der Waals surface area (Å²) in [4.78, 5) is 26.3. The molecule has 0 aromatic heterocycles. The molecule has 1 aromatic carbocycles. The Morgan fingerprint density at radius 3 is 2.67 bits per heavy atom. The number of fused-ring (bicyclic) bond motifs is 1. The van der Waals surface area contributed by atoms with Crippen LogP contribution in [0.2, 0.25) is 0 Å². The lowest BCUT2D eigenvalue weighted by molar-refractivity contribution is -0.149. The standard InChI is InChI=1S/C18H24N2O4/c1-12(16(21)19-14-5-7-15(24-2)8-6-14)20-10-13-4-3-9-18(13,11-20)17(22)23/h5-8,12-13H,3-4,9-11H2,1-2H3,(H,19,21)(H,22,23)/t12?,13-,18+/m0/s1. The summed E-state index contributed by atoms with van der Waals surface area (Å²) in [5.41, 5.74) is 0.0502. The molecule has 0 bridgehead atoms. The molecular weight excluding hydrogens is 308 g/mol. The number of aliphatic carboxylic acids is 1. The van der Waals surface area contributed by atoms with E-state index in [0.29, 0.717) is 18.8 Å². The first-order chi connectivity index (χ1) is 11.5. The molecule has 3 atom stereocenters. The van der Waals surface area contributed by atoms with Crippen LogP contribution >= 0.6 is 0 Å². The second-order valence-corrected chi connectivity index (χ2v) is 6.87. The van der Waals surface area contributed by atoms with E-state index >= 15 is 0 Å². The number of benzene rings is 1. The average molecular weight is 332 g/mol. The fraction of sp³-hybridized carbons (Fsp3) is 0.556. The molecule has 1 amide bonds. The van der Waals surface area contributed by atoms with Gasteiger partial charge < -0.3 is 15.2 Å². The van der Waals surface area contributed by atoms with Gasteiger partial charge in [0.15, 0.2) is 0 Å². The molecule has 2 N–H and O–H groups in total. The van der Waals surface area contributed by atoms with Crippen LogP contribution in [-0.2, 0) is 9.59 Å². The molecule has 1 aliphatic carbocycles. The zero-order valence-electron chi connectivity index (χ0n) is 14.1. The number of carbonyl (C=O) groups is 2. The molecule has 0 spiro atoms. The van der Waals surface area contributed by atoms with Gasteiger partial charge in [-0.1, -0.05) is 6.42 Å². The number of methoxy groups -OCH3 is 1. The van der Waals surface area contributed by atoms with Gasteiger partial charge in [0.1, 0.15) is 5.75 Å². The predicted molar refractivity (Wildman–Crippen MR) is 90.1 cm³/mol. The highest BCUT2D eigenvalue weighted by molar-refractivity contribution is 5.94. The van der Waals surface area contributed by atoms with Crippen molar-refractivity contribution in [2.24, 2.45) is 11.3 Å². The molecule has 1 saturated carbocycles. The molecule has 0 radical (unpaired) electrons. The van der Waals surface area contributed by atoms with Gasteiger partial charge in [-0.25, -0.2) is 0 Å². The lowest BCUT2D eigenvalue weighted by Crippen LogP contribution is -2.43. The van der Waals surface area contributed by atoms with E-state index in [1.807, 2.05) is 11.8 Å². The number of carboxylic acids is 1. The van der Waals surface area contributed by atoms with Crippen LogP contribution in [0.3, 0.4) is 0 Å². The highest BCUT2D eigenvalue weighted by Crippen LogP contribution is 2.49. The molecular formula is C18H24N2O4. The van der Waals surface area contributed by atoms with Crippen molar-refractivity contribution in [3.05, 3.63) is 24.3 Å². The monoisotopic (exact) mass is 332 g/mol. The van der Waals surface area contributed by atoms with Crippen LogP contribution in [0.4, 0.5) is 5.69 Å². The molecule has 1 heterocycles. The first-order valence-electron chi connectivity index (χ1n) is 8.38. The molecule has 2 aliphatic rings. The first kappa shape index (κ1) is 16.8. The van der Waals surface area contributed by atoms with Crippen LogP contribution in [0, 0.1) is 11.3 Å². The summed E-state index contributed by atoms with van der Waals surface area (Å²) in [7, 11) is 1.60. The van der Waals surface area contributed by atoms with E-state index in [-0.39, 0.29) is 17.9 Å². The second kappa shape index (κ2) is 6.43. The summed E-state index contributed by atoms with van der Waals surface area (Å²) in [5, 5.41) is 12.6. The lowest BCUT2D eigenvalue weighted by Gasteiger charge is -2.26. The van der Waals surface area contributed by atoms with Gasteiger partial charge in [0.05, 0.1) is 18.6 Å². The maximum absolute atomic E-state index is 12.5. The van der Waals surface area contributed by atoms with Crippen LogP contribution < -0.4 is 10.1 Å². The number of likely N-dealkylation sites (tertiary alicyclic amines) is 1. The zero-order valence-corrected chi connectivity index (χ0v) is 14.1. The zero-order chi connectivity index (χ0) is 17.3. The highest BCUT2D eigenvalue weighted by Gasteiger charge is 2.55. The predicted octanol–water partition coefficient (Wildman–Crippen LogP) is 2.21. The molecule has 3 rings (SSSR count). The summed E-state index contributed by atoms with van der Waals surface area (Å²) in [6, 6.07) is 6.82. The molecule has 1 unspecified atom stereocenters. The largest absolute Gasteiger partial charge is 0.497 e. The number of ether oxygens (including phenoxy) is 1. The summed E-state index contributed by atoms with van der Waals surface area (Å²) < 4.78 is 5.10. The van der Waals surface area contributed by atoms with Gasteiger partial charge in [-0.15, -0.1) is 0 Å². The number of rotatable bonds is 5. The van der Waals surface area contributed by atoms with Crippen LogP contribution in [0.5, 0.6) is 5.75 Å². The van der Waals surface area contributed by atoms with Crippen molar-refractivity contribution in [2.45, 2.75) is 32.2 Å². The maximum atomic E-state index is 12.5. The minimum absolute atomic E-state index is 0.110. The van der Waals surface area contributed by atoms with E-state index in [1.165, 1.54) is 0 Å². The van der Waals surface area contributed by atoms with E-state index in [1.54, 1.807) is 31.4 Å². The van der Waals surface area contributed by atoms with Crippen LogP contribution in [0.1, 0.15) is 26.2 Å². The quantitative estimate of drug-likeness (QED) is 0.864. The lowest BCUT2D eigenvalue weighted by atomic mass is 9.81. The highest BCUT2D eigenvalue weighted by atomic mass is 16.5. The third-order valence-corrected chi connectivity index (χ3v) is 5.61. The molecule has 1 saturated heterocycles. The molecule has 1 aromatic rings. The van der Waals surface area contributed by atoms with E-state index in [2.05, 4.69) is 5.32 Å². The Morgan fingerprint density at radius 2 is 2.08 bits per heavy atom. The van der Waals surface area contributed by atoms with Crippen molar-refractivity contribution in [2.75, 3.05) is 25.5 Å². The average Bonchev–Trinajstić information content (AvgIpc) is 3.13. The summed E-state index contributed by atoms with van der Waals surface area (Å²) in [6.45, 7) is 2.99. The van der Waals surface area contributed by atoms with Crippen molar-refractivity contribution >= 4 is 17.6 Å². The van der Waals surface area contributed by atoms with E-state index in [9.17, 15) is 14.7 Å². The smallest absolute Gasteiger partial charge is 0.311 e. The fourth-order valence-corrected chi connectivity index (χ4v) is 4.06. The summed E-state index contributed by atoms with van der Waals surface area (Å²) in [5.74, 6) is 0.0685. The summed E-state index contributed by atoms with van der Waals surface area (Å²) in [6.07, 6.45) is 2.63. The minimum Gasteiger partial charge on any atom is -0.497 e. The number of amides is 1. The Hall–Kier alpha value is -2.08. The van der Waals surface area contributed by atoms with Crippen LogP contribution in [0.15, 0.2) is 24.3 Å². The molecule has 24 heavy (non-hydrogen) atoms. The van der Waals surface area contributed by atoms with Gasteiger partial charge in [0.2, 0.25) is 5.91 Å². The Bertz CT molecular complexity index is 630. The minimum atomic E-state index is -0.713. The Balaban J connectivity index is 1.65. The van der Waals surface area contributed by atoms with Crippen molar-refractivity contribution < 1.29 is 19.4 Å². The molecule has 130 valence electrons. The first-order valence-corrected chi connectivity index (χ1v) is 8.38.